The third kappa shape index (κ3) is 2.95. The molecule has 0 radical (unpaired) electrons. The van der Waals surface area contributed by atoms with Crippen LogP contribution in [0.5, 0.6) is 0 Å². The lowest BCUT2D eigenvalue weighted by atomic mass is 9.90. The van der Waals surface area contributed by atoms with E-state index in [0.717, 1.165) is 0 Å². The van der Waals surface area contributed by atoms with Crippen LogP contribution in [0, 0.1) is 0 Å². The standard InChI is InChI=1S/C17H25N/c1-2-8-17-14-15(9-10-16(17)7-1)6-5-13-18-11-3-4-12-18/h9-10,14H,1-8,11-13H2. The first-order valence-electron chi connectivity index (χ1n) is 7.75. The number of fused-ring (bicyclic) bond motifs is 1. The van der Waals surface area contributed by atoms with Gasteiger partial charge in [0.1, 0.15) is 0 Å². The number of benzene rings is 1. The van der Waals surface area contributed by atoms with E-state index in [1.165, 1.54) is 71.0 Å². The molecule has 1 aromatic carbocycles. The predicted octanol–water partition coefficient (Wildman–Crippen LogP) is 3.59. The number of likely N-dealkylation sites (tertiary alicyclic amines) is 1. The summed E-state index contributed by atoms with van der Waals surface area (Å²) in [5.41, 5.74) is 4.82. The molecule has 0 N–H and O–H groups in total. The molecule has 3 rings (SSSR count). The Morgan fingerprint density at radius 2 is 1.67 bits per heavy atom. The highest BCUT2D eigenvalue weighted by Crippen LogP contribution is 2.22. The molecular weight excluding hydrogens is 218 g/mol. The molecule has 0 unspecified atom stereocenters. The summed E-state index contributed by atoms with van der Waals surface area (Å²) in [6.45, 7) is 3.98. The van der Waals surface area contributed by atoms with Crippen molar-refractivity contribution in [3.8, 4) is 0 Å². The van der Waals surface area contributed by atoms with Crippen LogP contribution in [-0.2, 0) is 19.3 Å². The number of nitrogens with zero attached hydrogens (tertiary/aromatic N) is 1. The number of aryl methyl sites for hydroxylation is 3. The van der Waals surface area contributed by atoms with Gasteiger partial charge in [-0.05, 0) is 87.7 Å². The smallest absolute Gasteiger partial charge is 0.00156 e. The Morgan fingerprint density at radius 1 is 0.889 bits per heavy atom. The Labute approximate surface area is 111 Å². The van der Waals surface area contributed by atoms with E-state index in [2.05, 4.69) is 23.1 Å². The minimum atomic E-state index is 1.27. The van der Waals surface area contributed by atoms with Crippen molar-refractivity contribution in [3.05, 3.63) is 34.9 Å². The molecular formula is C17H25N. The van der Waals surface area contributed by atoms with Crippen LogP contribution in [-0.4, -0.2) is 24.5 Å². The average molecular weight is 243 g/mol. The fourth-order valence-electron chi connectivity index (χ4n) is 3.46. The molecule has 0 aromatic heterocycles. The molecule has 0 spiro atoms. The van der Waals surface area contributed by atoms with Crippen molar-refractivity contribution >= 4 is 0 Å². The molecule has 0 atom stereocenters. The summed E-state index contributed by atoms with van der Waals surface area (Å²) < 4.78 is 0. The molecule has 0 bridgehead atoms. The predicted molar refractivity (Wildman–Crippen MR) is 77.1 cm³/mol. The number of rotatable bonds is 4. The lowest BCUT2D eigenvalue weighted by molar-refractivity contribution is 0.334. The molecule has 1 nitrogen and oxygen atoms in total. The van der Waals surface area contributed by atoms with E-state index >= 15 is 0 Å². The second kappa shape index (κ2) is 5.88. The summed E-state index contributed by atoms with van der Waals surface area (Å²) in [4.78, 5) is 2.62. The molecule has 1 heterocycles. The average Bonchev–Trinajstić information content (AvgIpc) is 2.92. The summed E-state index contributed by atoms with van der Waals surface area (Å²) in [6, 6.07) is 7.24. The first kappa shape index (κ1) is 12.2. The van der Waals surface area contributed by atoms with E-state index in [1.807, 2.05) is 0 Å². The topological polar surface area (TPSA) is 3.24 Å². The van der Waals surface area contributed by atoms with Gasteiger partial charge in [0.25, 0.3) is 0 Å². The Kier molecular flexibility index (Phi) is 3.99. The van der Waals surface area contributed by atoms with E-state index < -0.39 is 0 Å². The number of hydrogen-bond donors (Lipinski definition) is 0. The molecule has 0 amide bonds. The van der Waals surface area contributed by atoms with Gasteiger partial charge in [0.15, 0.2) is 0 Å². The Balaban J connectivity index is 1.52. The second-order valence-corrected chi connectivity index (χ2v) is 5.96. The summed E-state index contributed by atoms with van der Waals surface area (Å²) in [6.07, 6.45) is 10.8. The fourth-order valence-corrected chi connectivity index (χ4v) is 3.46. The zero-order valence-electron chi connectivity index (χ0n) is 11.5. The van der Waals surface area contributed by atoms with Crippen LogP contribution in [0.4, 0.5) is 0 Å². The maximum Gasteiger partial charge on any atom is -0.00156 e. The molecule has 1 fully saturated rings. The van der Waals surface area contributed by atoms with Gasteiger partial charge in [0.2, 0.25) is 0 Å². The zero-order valence-corrected chi connectivity index (χ0v) is 11.5. The van der Waals surface area contributed by atoms with Gasteiger partial charge in [0, 0.05) is 0 Å². The molecule has 1 aromatic rings. The van der Waals surface area contributed by atoms with E-state index in [-0.39, 0.29) is 0 Å². The third-order valence-electron chi connectivity index (χ3n) is 4.55. The van der Waals surface area contributed by atoms with Crippen LogP contribution < -0.4 is 0 Å². The molecule has 1 aliphatic carbocycles. The van der Waals surface area contributed by atoms with Crippen LogP contribution >= 0.6 is 0 Å². The molecule has 98 valence electrons. The van der Waals surface area contributed by atoms with Crippen molar-refractivity contribution in [2.24, 2.45) is 0 Å². The maximum atomic E-state index is 2.62. The fraction of sp³-hybridized carbons (Fsp3) is 0.647. The quantitative estimate of drug-likeness (QED) is 0.781. The molecule has 1 saturated heterocycles. The minimum Gasteiger partial charge on any atom is -0.303 e. The summed E-state index contributed by atoms with van der Waals surface area (Å²) >= 11 is 0. The normalized spacial score (nSPS) is 20.0. The van der Waals surface area contributed by atoms with E-state index in [4.69, 9.17) is 0 Å². The van der Waals surface area contributed by atoms with Crippen molar-refractivity contribution in [1.29, 1.82) is 0 Å². The Morgan fingerprint density at radius 3 is 2.50 bits per heavy atom. The molecule has 0 saturated carbocycles. The van der Waals surface area contributed by atoms with E-state index in [9.17, 15) is 0 Å². The molecule has 18 heavy (non-hydrogen) atoms. The van der Waals surface area contributed by atoms with Crippen molar-refractivity contribution in [2.75, 3.05) is 19.6 Å². The van der Waals surface area contributed by atoms with Crippen molar-refractivity contribution in [3.63, 3.8) is 0 Å². The minimum absolute atomic E-state index is 1.27. The summed E-state index contributed by atoms with van der Waals surface area (Å²) in [5.74, 6) is 0. The van der Waals surface area contributed by atoms with Gasteiger partial charge in [-0.3, -0.25) is 0 Å². The van der Waals surface area contributed by atoms with Gasteiger partial charge in [-0.15, -0.1) is 0 Å². The first-order valence-corrected chi connectivity index (χ1v) is 7.75. The SMILES string of the molecule is c1cc2c(cc1CCCN1CCCC1)CCCC2. The zero-order chi connectivity index (χ0) is 12.2. The van der Waals surface area contributed by atoms with E-state index in [0.29, 0.717) is 0 Å². The van der Waals surface area contributed by atoms with Crippen LogP contribution in [0.1, 0.15) is 48.8 Å². The van der Waals surface area contributed by atoms with Gasteiger partial charge in [-0.2, -0.15) is 0 Å². The largest absolute Gasteiger partial charge is 0.303 e. The van der Waals surface area contributed by atoms with Crippen molar-refractivity contribution in [2.45, 2.75) is 51.4 Å². The van der Waals surface area contributed by atoms with Crippen LogP contribution in [0.2, 0.25) is 0 Å². The van der Waals surface area contributed by atoms with Crippen LogP contribution in [0.25, 0.3) is 0 Å². The molecule has 1 heteroatoms. The Bertz CT molecular complexity index is 391. The highest BCUT2D eigenvalue weighted by molar-refractivity contribution is 5.33. The van der Waals surface area contributed by atoms with Crippen LogP contribution in [0.3, 0.4) is 0 Å². The Hall–Kier alpha value is -0.820. The van der Waals surface area contributed by atoms with Crippen molar-refractivity contribution < 1.29 is 0 Å². The van der Waals surface area contributed by atoms with E-state index in [1.54, 1.807) is 16.7 Å². The van der Waals surface area contributed by atoms with Gasteiger partial charge in [0.05, 0.1) is 0 Å². The highest BCUT2D eigenvalue weighted by Gasteiger charge is 2.11. The maximum absolute atomic E-state index is 2.62. The summed E-state index contributed by atoms with van der Waals surface area (Å²) in [5, 5.41) is 0. The number of hydrogen-bond acceptors (Lipinski definition) is 1. The lowest BCUT2D eigenvalue weighted by Crippen LogP contribution is -2.20. The summed E-state index contributed by atoms with van der Waals surface area (Å²) in [7, 11) is 0. The monoisotopic (exact) mass is 243 g/mol. The van der Waals surface area contributed by atoms with Crippen LogP contribution in [0.15, 0.2) is 18.2 Å². The lowest BCUT2D eigenvalue weighted by Gasteiger charge is -2.17. The third-order valence-corrected chi connectivity index (χ3v) is 4.55. The first-order chi connectivity index (χ1) is 8.92. The van der Waals surface area contributed by atoms with Gasteiger partial charge in [-0.25, -0.2) is 0 Å². The van der Waals surface area contributed by atoms with Crippen molar-refractivity contribution in [1.82, 2.24) is 4.90 Å². The van der Waals surface area contributed by atoms with Gasteiger partial charge >= 0.3 is 0 Å². The van der Waals surface area contributed by atoms with Gasteiger partial charge < -0.3 is 4.90 Å². The van der Waals surface area contributed by atoms with Gasteiger partial charge in [-0.1, -0.05) is 18.2 Å². The highest BCUT2D eigenvalue weighted by atomic mass is 15.1. The second-order valence-electron chi connectivity index (χ2n) is 5.96. The molecule has 2 aliphatic rings. The molecule has 1 aliphatic heterocycles.